The highest BCUT2D eigenvalue weighted by molar-refractivity contribution is 5.94. The zero-order valence-electron chi connectivity index (χ0n) is 14.8. The van der Waals surface area contributed by atoms with Gasteiger partial charge in [0.25, 0.3) is 5.91 Å². The molecule has 25 heavy (non-hydrogen) atoms. The van der Waals surface area contributed by atoms with Crippen LogP contribution < -0.4 is 4.90 Å². The minimum atomic E-state index is 0.189. The van der Waals surface area contributed by atoms with Gasteiger partial charge in [0.1, 0.15) is 0 Å². The smallest absolute Gasteiger partial charge is 0.253 e. The number of carbonyl (C=O) groups excluding carboxylic acids is 1. The van der Waals surface area contributed by atoms with Crippen molar-refractivity contribution in [2.24, 2.45) is 0 Å². The molecule has 130 valence electrons. The summed E-state index contributed by atoms with van der Waals surface area (Å²) in [7, 11) is 0. The van der Waals surface area contributed by atoms with E-state index in [4.69, 9.17) is 0 Å². The lowest BCUT2D eigenvalue weighted by atomic mass is 10.0. The van der Waals surface area contributed by atoms with Crippen molar-refractivity contribution in [3.63, 3.8) is 0 Å². The molecule has 2 aromatic carbocycles. The molecule has 3 nitrogen and oxygen atoms in total. The molecule has 0 unspecified atom stereocenters. The van der Waals surface area contributed by atoms with Gasteiger partial charge < -0.3 is 9.80 Å². The van der Waals surface area contributed by atoms with Crippen molar-refractivity contribution in [3.8, 4) is 0 Å². The molecule has 2 aliphatic heterocycles. The Morgan fingerprint density at radius 3 is 2.40 bits per heavy atom. The summed E-state index contributed by atoms with van der Waals surface area (Å²) < 4.78 is 0. The van der Waals surface area contributed by atoms with Gasteiger partial charge in [0.2, 0.25) is 0 Å². The van der Waals surface area contributed by atoms with E-state index in [0.717, 1.165) is 44.6 Å². The predicted octanol–water partition coefficient (Wildman–Crippen LogP) is 4.27. The molecule has 1 amide bonds. The number of rotatable bonds is 3. The molecule has 2 aromatic rings. The Kier molecular flexibility index (Phi) is 4.73. The summed E-state index contributed by atoms with van der Waals surface area (Å²) in [6.45, 7) is 3.83. The quantitative estimate of drug-likeness (QED) is 0.837. The number of likely N-dealkylation sites (tertiary alicyclic amines) is 1. The third-order valence-corrected chi connectivity index (χ3v) is 5.42. The van der Waals surface area contributed by atoms with Crippen LogP contribution in [0.15, 0.2) is 48.5 Å². The molecule has 0 radical (unpaired) electrons. The average Bonchev–Trinajstić information content (AvgIpc) is 2.69. The number of aryl methyl sites for hydroxylation is 1. The monoisotopic (exact) mass is 334 g/mol. The number of fused-ring (bicyclic) bond motifs is 1. The van der Waals surface area contributed by atoms with Gasteiger partial charge in [0.05, 0.1) is 0 Å². The van der Waals surface area contributed by atoms with E-state index in [-0.39, 0.29) is 5.91 Å². The largest absolute Gasteiger partial charge is 0.367 e. The van der Waals surface area contributed by atoms with Crippen molar-refractivity contribution in [2.75, 3.05) is 24.5 Å². The maximum Gasteiger partial charge on any atom is 0.253 e. The molecule has 1 fully saturated rings. The lowest BCUT2D eigenvalue weighted by molar-refractivity contribution is 0.0724. The molecule has 0 aliphatic carbocycles. The van der Waals surface area contributed by atoms with E-state index >= 15 is 0 Å². The van der Waals surface area contributed by atoms with E-state index in [0.29, 0.717) is 0 Å². The SMILES string of the molecule is O=C(c1ccc(CN2CCCc3ccccc32)cc1)N1CCCCC1. The van der Waals surface area contributed by atoms with E-state index in [1.54, 1.807) is 0 Å². The van der Waals surface area contributed by atoms with E-state index in [9.17, 15) is 4.79 Å². The molecule has 2 aliphatic rings. The third-order valence-electron chi connectivity index (χ3n) is 5.42. The minimum Gasteiger partial charge on any atom is -0.367 e. The summed E-state index contributed by atoms with van der Waals surface area (Å²) in [4.78, 5) is 17.0. The van der Waals surface area contributed by atoms with Crippen molar-refractivity contribution in [1.82, 2.24) is 4.90 Å². The van der Waals surface area contributed by atoms with Gasteiger partial charge in [-0.05, 0) is 61.4 Å². The summed E-state index contributed by atoms with van der Waals surface area (Å²) in [5, 5.41) is 0. The van der Waals surface area contributed by atoms with Crippen LogP contribution in [0.2, 0.25) is 0 Å². The zero-order valence-corrected chi connectivity index (χ0v) is 14.8. The highest BCUT2D eigenvalue weighted by atomic mass is 16.2. The Morgan fingerprint density at radius 1 is 0.840 bits per heavy atom. The number of amides is 1. The van der Waals surface area contributed by atoms with E-state index in [2.05, 4.69) is 41.3 Å². The van der Waals surface area contributed by atoms with Gasteiger partial charge in [-0.25, -0.2) is 0 Å². The maximum atomic E-state index is 12.6. The number of benzene rings is 2. The normalized spacial score (nSPS) is 17.3. The van der Waals surface area contributed by atoms with Crippen molar-refractivity contribution in [3.05, 3.63) is 65.2 Å². The van der Waals surface area contributed by atoms with Crippen LogP contribution in [0.4, 0.5) is 5.69 Å². The highest BCUT2D eigenvalue weighted by Crippen LogP contribution is 2.28. The third kappa shape index (κ3) is 3.55. The molecule has 0 bridgehead atoms. The molecule has 0 aromatic heterocycles. The molecular weight excluding hydrogens is 308 g/mol. The van der Waals surface area contributed by atoms with Crippen LogP contribution in [0, 0.1) is 0 Å². The fraction of sp³-hybridized carbons (Fsp3) is 0.409. The lowest BCUT2D eigenvalue weighted by Crippen LogP contribution is -2.35. The van der Waals surface area contributed by atoms with Crippen LogP contribution in [0.1, 0.15) is 47.2 Å². The Balaban J connectivity index is 1.45. The number of hydrogen-bond acceptors (Lipinski definition) is 2. The van der Waals surface area contributed by atoms with Crippen molar-refractivity contribution in [1.29, 1.82) is 0 Å². The minimum absolute atomic E-state index is 0.189. The van der Waals surface area contributed by atoms with Gasteiger partial charge in [-0.15, -0.1) is 0 Å². The fourth-order valence-electron chi connectivity index (χ4n) is 4.03. The number of hydrogen-bond donors (Lipinski definition) is 0. The Labute approximate surface area is 150 Å². The lowest BCUT2D eigenvalue weighted by Gasteiger charge is -2.31. The van der Waals surface area contributed by atoms with Crippen LogP contribution in [0.25, 0.3) is 0 Å². The Hall–Kier alpha value is -2.29. The number of anilines is 1. The molecule has 1 saturated heterocycles. The Bertz CT molecular complexity index is 732. The van der Waals surface area contributed by atoms with Crippen LogP contribution in [0.3, 0.4) is 0 Å². The van der Waals surface area contributed by atoms with Crippen molar-refractivity contribution >= 4 is 11.6 Å². The molecule has 0 atom stereocenters. The first-order chi connectivity index (χ1) is 12.3. The van der Waals surface area contributed by atoms with Crippen molar-refractivity contribution in [2.45, 2.75) is 38.6 Å². The van der Waals surface area contributed by atoms with E-state index < -0.39 is 0 Å². The second-order valence-electron chi connectivity index (χ2n) is 7.20. The van der Waals surface area contributed by atoms with E-state index in [1.165, 1.54) is 36.1 Å². The average molecular weight is 334 g/mol. The molecule has 0 saturated carbocycles. The molecule has 0 spiro atoms. The maximum absolute atomic E-state index is 12.6. The van der Waals surface area contributed by atoms with Crippen molar-refractivity contribution < 1.29 is 4.79 Å². The van der Waals surface area contributed by atoms with Gasteiger partial charge in [-0.1, -0.05) is 30.3 Å². The van der Waals surface area contributed by atoms with Gasteiger partial charge in [-0.3, -0.25) is 4.79 Å². The molecule has 4 rings (SSSR count). The number of carbonyl (C=O) groups is 1. The van der Waals surface area contributed by atoms with Crippen LogP contribution in [-0.2, 0) is 13.0 Å². The summed E-state index contributed by atoms with van der Waals surface area (Å²) in [5.74, 6) is 0.189. The topological polar surface area (TPSA) is 23.6 Å². The second kappa shape index (κ2) is 7.30. The summed E-state index contributed by atoms with van der Waals surface area (Å²) in [5.41, 5.74) is 4.91. The first kappa shape index (κ1) is 16.2. The van der Waals surface area contributed by atoms with Gasteiger partial charge >= 0.3 is 0 Å². The van der Waals surface area contributed by atoms with Crippen LogP contribution in [-0.4, -0.2) is 30.4 Å². The standard InChI is InChI=1S/C22H26N2O/c25-22(23-14-4-1-5-15-23)20-12-10-18(11-13-20)17-24-16-6-8-19-7-2-3-9-21(19)24/h2-3,7,9-13H,1,4-6,8,14-17H2. The predicted molar refractivity (Wildman–Crippen MR) is 102 cm³/mol. The molecule has 3 heteroatoms. The van der Waals surface area contributed by atoms with Gasteiger partial charge in [0, 0.05) is 37.4 Å². The first-order valence-corrected chi connectivity index (χ1v) is 9.52. The van der Waals surface area contributed by atoms with Gasteiger partial charge in [0.15, 0.2) is 0 Å². The summed E-state index contributed by atoms with van der Waals surface area (Å²) in [6.07, 6.45) is 5.91. The van der Waals surface area contributed by atoms with Crippen LogP contribution >= 0.6 is 0 Å². The number of nitrogens with zero attached hydrogens (tertiary/aromatic N) is 2. The Morgan fingerprint density at radius 2 is 1.60 bits per heavy atom. The first-order valence-electron chi connectivity index (χ1n) is 9.52. The second-order valence-corrected chi connectivity index (χ2v) is 7.20. The van der Waals surface area contributed by atoms with Crippen LogP contribution in [0.5, 0.6) is 0 Å². The van der Waals surface area contributed by atoms with E-state index in [1.807, 2.05) is 17.0 Å². The number of piperidine rings is 1. The zero-order chi connectivity index (χ0) is 17.1. The highest BCUT2D eigenvalue weighted by Gasteiger charge is 2.19. The number of para-hydroxylation sites is 1. The molecular formula is C22H26N2O. The van der Waals surface area contributed by atoms with Gasteiger partial charge in [-0.2, -0.15) is 0 Å². The summed E-state index contributed by atoms with van der Waals surface area (Å²) >= 11 is 0. The molecule has 0 N–H and O–H groups in total. The summed E-state index contributed by atoms with van der Waals surface area (Å²) in [6, 6.07) is 17.0. The fourth-order valence-corrected chi connectivity index (χ4v) is 4.03. The molecule has 2 heterocycles.